The molecule has 3 N–H and O–H groups in total. The van der Waals surface area contributed by atoms with Crippen molar-refractivity contribution in [3.05, 3.63) is 0 Å². The van der Waals surface area contributed by atoms with Crippen molar-refractivity contribution in [2.75, 3.05) is 46.1 Å². The number of ether oxygens (including phenoxy) is 2. The van der Waals surface area contributed by atoms with Gasteiger partial charge in [0.2, 0.25) is 0 Å². The summed E-state index contributed by atoms with van der Waals surface area (Å²) in [6, 6.07) is 0. The maximum absolute atomic E-state index is 7.24. The van der Waals surface area contributed by atoms with Crippen molar-refractivity contribution in [2.45, 2.75) is 13.8 Å². The van der Waals surface area contributed by atoms with Gasteiger partial charge in [-0.3, -0.25) is 10.3 Å². The molecule has 0 aliphatic heterocycles. The Hall–Kier alpha value is -0.650. The van der Waals surface area contributed by atoms with E-state index in [1.807, 2.05) is 13.8 Å². The van der Waals surface area contributed by atoms with Crippen molar-refractivity contribution in [1.29, 1.82) is 5.41 Å². The Kier molecular flexibility index (Phi) is 9.46. The summed E-state index contributed by atoms with van der Waals surface area (Å²) in [7, 11) is 0. The van der Waals surface area contributed by atoms with E-state index in [9.17, 15) is 0 Å². The van der Waals surface area contributed by atoms with Gasteiger partial charge in [0.05, 0.1) is 19.8 Å². The second kappa shape index (κ2) is 9.89. The van der Waals surface area contributed by atoms with E-state index in [-0.39, 0.29) is 5.84 Å². The van der Waals surface area contributed by atoms with Gasteiger partial charge in [-0.25, -0.2) is 0 Å². The minimum Gasteiger partial charge on any atom is -0.387 e. The number of rotatable bonds is 10. The standard InChI is InChI=1S/C10H23N3O2/c1-3-14-7-5-13(9-10(11)12)6-8-15-4-2/h3-9H2,1-2H3,(H3,11,12). The molecule has 0 spiro atoms. The van der Waals surface area contributed by atoms with E-state index in [1.165, 1.54) is 0 Å². The molecule has 0 aromatic heterocycles. The topological polar surface area (TPSA) is 71.6 Å². The zero-order chi connectivity index (χ0) is 11.5. The highest BCUT2D eigenvalue weighted by Crippen LogP contribution is 1.89. The molecule has 0 unspecified atom stereocenters. The second-order valence-electron chi connectivity index (χ2n) is 3.20. The molecule has 0 radical (unpaired) electrons. The minimum atomic E-state index is 0.183. The molecular formula is C10H23N3O2. The lowest BCUT2D eigenvalue weighted by Crippen LogP contribution is -2.37. The molecule has 0 fully saturated rings. The maximum atomic E-state index is 7.24. The number of hydrogen-bond acceptors (Lipinski definition) is 4. The smallest absolute Gasteiger partial charge is 0.105 e. The highest BCUT2D eigenvalue weighted by molar-refractivity contribution is 5.78. The summed E-state index contributed by atoms with van der Waals surface area (Å²) in [4.78, 5) is 2.06. The SMILES string of the molecule is CCOCCN(CCOCC)CC(=N)N. The van der Waals surface area contributed by atoms with E-state index < -0.39 is 0 Å². The van der Waals surface area contributed by atoms with Crippen LogP contribution in [0.15, 0.2) is 0 Å². The fraction of sp³-hybridized carbons (Fsp3) is 0.900. The number of hydrogen-bond donors (Lipinski definition) is 2. The molecule has 0 atom stereocenters. The molecule has 0 aromatic rings. The zero-order valence-corrected chi connectivity index (χ0v) is 9.79. The largest absolute Gasteiger partial charge is 0.387 e. The molecule has 0 saturated carbocycles. The molecule has 0 aliphatic carbocycles. The number of nitrogens with one attached hydrogen (secondary N) is 1. The van der Waals surface area contributed by atoms with E-state index in [4.69, 9.17) is 20.6 Å². The number of nitrogens with two attached hydrogens (primary N) is 1. The maximum Gasteiger partial charge on any atom is 0.105 e. The van der Waals surface area contributed by atoms with Gasteiger partial charge in [0, 0.05) is 26.3 Å². The minimum absolute atomic E-state index is 0.183. The van der Waals surface area contributed by atoms with Crippen LogP contribution in [-0.2, 0) is 9.47 Å². The summed E-state index contributed by atoms with van der Waals surface area (Å²) in [5.74, 6) is 0.183. The van der Waals surface area contributed by atoms with Gasteiger partial charge in [0.25, 0.3) is 0 Å². The van der Waals surface area contributed by atoms with Gasteiger partial charge < -0.3 is 15.2 Å². The molecule has 5 heteroatoms. The molecule has 90 valence electrons. The van der Waals surface area contributed by atoms with Gasteiger partial charge in [-0.1, -0.05) is 0 Å². The molecule has 5 nitrogen and oxygen atoms in total. The molecule has 15 heavy (non-hydrogen) atoms. The van der Waals surface area contributed by atoms with Crippen LogP contribution >= 0.6 is 0 Å². The number of nitrogens with zero attached hydrogens (tertiary/aromatic N) is 1. The summed E-state index contributed by atoms with van der Waals surface area (Å²) >= 11 is 0. The van der Waals surface area contributed by atoms with Crippen LogP contribution in [0.1, 0.15) is 13.8 Å². The fourth-order valence-electron chi connectivity index (χ4n) is 1.19. The Bertz CT molecular complexity index is 155. The molecular weight excluding hydrogens is 194 g/mol. The van der Waals surface area contributed by atoms with Crippen molar-refractivity contribution in [3.63, 3.8) is 0 Å². The molecule has 0 aliphatic rings. The Morgan fingerprint density at radius 2 is 1.60 bits per heavy atom. The fourth-order valence-corrected chi connectivity index (χ4v) is 1.19. The predicted octanol–water partition coefficient (Wildman–Crippen LogP) is 0.297. The van der Waals surface area contributed by atoms with Crippen LogP contribution in [0.25, 0.3) is 0 Å². The molecule has 0 bridgehead atoms. The Labute approximate surface area is 92.0 Å². The first kappa shape index (κ1) is 14.3. The van der Waals surface area contributed by atoms with Gasteiger partial charge in [0.15, 0.2) is 0 Å². The summed E-state index contributed by atoms with van der Waals surface area (Å²) in [5.41, 5.74) is 5.36. The number of amidine groups is 1. The van der Waals surface area contributed by atoms with Crippen LogP contribution in [0, 0.1) is 5.41 Å². The Morgan fingerprint density at radius 3 is 1.93 bits per heavy atom. The van der Waals surface area contributed by atoms with Gasteiger partial charge in [-0.2, -0.15) is 0 Å². The molecule has 0 aromatic carbocycles. The van der Waals surface area contributed by atoms with Crippen molar-refractivity contribution < 1.29 is 9.47 Å². The molecule has 0 saturated heterocycles. The summed E-state index contributed by atoms with van der Waals surface area (Å²) in [5, 5.41) is 7.24. The van der Waals surface area contributed by atoms with Gasteiger partial charge >= 0.3 is 0 Å². The van der Waals surface area contributed by atoms with Crippen molar-refractivity contribution in [2.24, 2.45) is 5.73 Å². The average Bonchev–Trinajstić information content (AvgIpc) is 2.17. The van der Waals surface area contributed by atoms with Crippen LogP contribution in [0.4, 0.5) is 0 Å². The molecule has 0 amide bonds. The third-order valence-electron chi connectivity index (χ3n) is 1.91. The Morgan fingerprint density at radius 1 is 1.13 bits per heavy atom. The van der Waals surface area contributed by atoms with E-state index in [1.54, 1.807) is 0 Å². The quantitative estimate of drug-likeness (QED) is 0.313. The van der Waals surface area contributed by atoms with Crippen LogP contribution in [0.2, 0.25) is 0 Å². The van der Waals surface area contributed by atoms with Crippen molar-refractivity contribution >= 4 is 5.84 Å². The predicted molar refractivity (Wildman–Crippen MR) is 61.3 cm³/mol. The van der Waals surface area contributed by atoms with Crippen LogP contribution in [0.5, 0.6) is 0 Å². The Balaban J connectivity index is 3.68. The molecule has 0 heterocycles. The van der Waals surface area contributed by atoms with Gasteiger partial charge in [-0.05, 0) is 13.8 Å². The van der Waals surface area contributed by atoms with Crippen molar-refractivity contribution in [3.8, 4) is 0 Å². The van der Waals surface area contributed by atoms with Crippen LogP contribution in [-0.4, -0.2) is 56.8 Å². The summed E-state index contributed by atoms with van der Waals surface area (Å²) in [6.07, 6.45) is 0. The van der Waals surface area contributed by atoms with Gasteiger partial charge in [0.1, 0.15) is 5.84 Å². The molecule has 0 rings (SSSR count). The summed E-state index contributed by atoms with van der Waals surface area (Å²) < 4.78 is 10.5. The first-order valence-electron chi connectivity index (χ1n) is 5.41. The van der Waals surface area contributed by atoms with E-state index >= 15 is 0 Å². The lowest BCUT2D eigenvalue weighted by molar-refractivity contribution is 0.0892. The lowest BCUT2D eigenvalue weighted by atomic mass is 10.4. The van der Waals surface area contributed by atoms with Crippen LogP contribution < -0.4 is 5.73 Å². The highest BCUT2D eigenvalue weighted by Gasteiger charge is 2.05. The van der Waals surface area contributed by atoms with Crippen molar-refractivity contribution in [1.82, 2.24) is 4.90 Å². The normalized spacial score (nSPS) is 10.9. The average molecular weight is 217 g/mol. The third-order valence-corrected chi connectivity index (χ3v) is 1.91. The highest BCUT2D eigenvalue weighted by atomic mass is 16.5. The van der Waals surface area contributed by atoms with E-state index in [0.717, 1.165) is 26.3 Å². The van der Waals surface area contributed by atoms with Crippen LogP contribution in [0.3, 0.4) is 0 Å². The third kappa shape index (κ3) is 9.65. The first-order valence-corrected chi connectivity index (χ1v) is 5.41. The second-order valence-corrected chi connectivity index (χ2v) is 3.20. The lowest BCUT2D eigenvalue weighted by Gasteiger charge is -2.21. The monoisotopic (exact) mass is 217 g/mol. The van der Waals surface area contributed by atoms with E-state index in [0.29, 0.717) is 19.8 Å². The van der Waals surface area contributed by atoms with E-state index in [2.05, 4.69) is 4.90 Å². The first-order chi connectivity index (χ1) is 7.20. The zero-order valence-electron chi connectivity index (χ0n) is 9.79. The summed E-state index contributed by atoms with van der Waals surface area (Å²) in [6.45, 7) is 8.80. The van der Waals surface area contributed by atoms with Gasteiger partial charge in [-0.15, -0.1) is 0 Å².